The first-order valence-corrected chi connectivity index (χ1v) is 8.85. The summed E-state index contributed by atoms with van der Waals surface area (Å²) in [6.07, 6.45) is 1.57. The monoisotopic (exact) mass is 329 g/mol. The van der Waals surface area contributed by atoms with E-state index in [1.165, 1.54) is 7.11 Å². The number of benzene rings is 1. The Morgan fingerprint density at radius 2 is 2.05 bits per heavy atom. The van der Waals surface area contributed by atoms with Crippen LogP contribution in [0.5, 0.6) is 5.75 Å². The SMILES string of the molecule is CCc1ccc(OC)c(S(=O)(=O)NCC2(O)CCOCC2)c1. The Bertz CT molecular complexity index is 608. The molecule has 7 heteroatoms. The third-order valence-corrected chi connectivity index (χ3v) is 5.36. The molecule has 1 aliphatic heterocycles. The van der Waals surface area contributed by atoms with E-state index in [4.69, 9.17) is 9.47 Å². The van der Waals surface area contributed by atoms with Crippen LogP contribution in [-0.4, -0.2) is 46.0 Å². The lowest BCUT2D eigenvalue weighted by Crippen LogP contribution is -2.46. The molecule has 0 atom stereocenters. The molecule has 0 radical (unpaired) electrons. The van der Waals surface area contributed by atoms with Crippen LogP contribution in [0.15, 0.2) is 23.1 Å². The van der Waals surface area contributed by atoms with E-state index in [9.17, 15) is 13.5 Å². The molecule has 1 saturated heterocycles. The molecule has 1 heterocycles. The van der Waals surface area contributed by atoms with Crippen LogP contribution in [-0.2, 0) is 21.2 Å². The zero-order valence-electron chi connectivity index (χ0n) is 13.0. The van der Waals surface area contributed by atoms with Crippen molar-refractivity contribution < 1.29 is 23.0 Å². The van der Waals surface area contributed by atoms with E-state index < -0.39 is 15.6 Å². The van der Waals surface area contributed by atoms with E-state index in [0.717, 1.165) is 12.0 Å². The van der Waals surface area contributed by atoms with Crippen LogP contribution < -0.4 is 9.46 Å². The predicted molar refractivity (Wildman–Crippen MR) is 82.6 cm³/mol. The lowest BCUT2D eigenvalue weighted by atomic mass is 9.95. The van der Waals surface area contributed by atoms with Crippen LogP contribution >= 0.6 is 0 Å². The summed E-state index contributed by atoms with van der Waals surface area (Å²) in [4.78, 5) is 0.102. The first kappa shape index (κ1) is 17.2. The number of ether oxygens (including phenoxy) is 2. The number of hydrogen-bond acceptors (Lipinski definition) is 5. The van der Waals surface area contributed by atoms with Gasteiger partial charge in [-0.05, 0) is 24.1 Å². The Balaban J connectivity index is 2.19. The molecule has 0 spiro atoms. The van der Waals surface area contributed by atoms with Gasteiger partial charge in [0.15, 0.2) is 0 Å². The second kappa shape index (κ2) is 6.95. The summed E-state index contributed by atoms with van der Waals surface area (Å²) in [5.41, 5.74) is -0.146. The number of aryl methyl sites for hydroxylation is 1. The van der Waals surface area contributed by atoms with Crippen LogP contribution in [0.3, 0.4) is 0 Å². The summed E-state index contributed by atoms with van der Waals surface area (Å²) < 4.78 is 37.9. The van der Waals surface area contributed by atoms with Gasteiger partial charge < -0.3 is 14.6 Å². The van der Waals surface area contributed by atoms with Gasteiger partial charge in [0.2, 0.25) is 10.0 Å². The van der Waals surface area contributed by atoms with Crippen molar-refractivity contribution in [2.75, 3.05) is 26.9 Å². The maximum atomic E-state index is 12.5. The van der Waals surface area contributed by atoms with Crippen molar-refractivity contribution in [3.05, 3.63) is 23.8 Å². The van der Waals surface area contributed by atoms with E-state index in [0.29, 0.717) is 31.8 Å². The number of sulfonamides is 1. The average molecular weight is 329 g/mol. The summed E-state index contributed by atoms with van der Waals surface area (Å²) in [5.74, 6) is 0.295. The molecule has 0 aromatic heterocycles. The van der Waals surface area contributed by atoms with Gasteiger partial charge in [0.25, 0.3) is 0 Å². The van der Waals surface area contributed by atoms with E-state index in [-0.39, 0.29) is 11.4 Å². The van der Waals surface area contributed by atoms with Crippen molar-refractivity contribution in [3.63, 3.8) is 0 Å². The van der Waals surface area contributed by atoms with Crippen LogP contribution in [0.1, 0.15) is 25.3 Å². The zero-order chi connectivity index (χ0) is 16.2. The minimum atomic E-state index is -3.75. The van der Waals surface area contributed by atoms with Gasteiger partial charge in [-0.2, -0.15) is 0 Å². The molecule has 1 fully saturated rings. The molecule has 0 aliphatic carbocycles. The molecule has 2 N–H and O–H groups in total. The first-order chi connectivity index (χ1) is 10.4. The Hall–Kier alpha value is -1.15. The van der Waals surface area contributed by atoms with E-state index in [2.05, 4.69) is 4.72 Å². The van der Waals surface area contributed by atoms with Crippen molar-refractivity contribution in [2.45, 2.75) is 36.7 Å². The maximum absolute atomic E-state index is 12.5. The van der Waals surface area contributed by atoms with Gasteiger partial charge in [-0.15, -0.1) is 0 Å². The van der Waals surface area contributed by atoms with Gasteiger partial charge in [-0.1, -0.05) is 13.0 Å². The van der Waals surface area contributed by atoms with E-state index in [1.54, 1.807) is 12.1 Å². The molecular weight excluding hydrogens is 306 g/mol. The predicted octanol–water partition coefficient (Wildman–Crippen LogP) is 1.08. The van der Waals surface area contributed by atoms with Gasteiger partial charge in [-0.3, -0.25) is 0 Å². The summed E-state index contributed by atoms with van der Waals surface area (Å²) in [6, 6.07) is 5.09. The highest BCUT2D eigenvalue weighted by Crippen LogP contribution is 2.26. The summed E-state index contributed by atoms with van der Waals surface area (Å²) in [7, 11) is -2.31. The van der Waals surface area contributed by atoms with E-state index in [1.807, 2.05) is 13.0 Å². The minimum Gasteiger partial charge on any atom is -0.495 e. The Kier molecular flexibility index (Phi) is 5.44. The second-order valence-corrected chi connectivity index (χ2v) is 7.24. The fraction of sp³-hybridized carbons (Fsp3) is 0.600. The Morgan fingerprint density at radius 3 is 2.64 bits per heavy atom. The number of methoxy groups -OCH3 is 1. The molecule has 1 aromatic rings. The molecular formula is C15H23NO5S. The quantitative estimate of drug-likeness (QED) is 0.816. The molecule has 6 nitrogen and oxygen atoms in total. The molecule has 0 amide bonds. The molecule has 1 aliphatic rings. The number of nitrogens with one attached hydrogen (secondary N) is 1. The lowest BCUT2D eigenvalue weighted by Gasteiger charge is -2.32. The third-order valence-electron chi connectivity index (χ3n) is 3.94. The average Bonchev–Trinajstić information content (AvgIpc) is 2.53. The van der Waals surface area contributed by atoms with Crippen LogP contribution in [0.25, 0.3) is 0 Å². The van der Waals surface area contributed by atoms with Crippen molar-refractivity contribution in [1.29, 1.82) is 0 Å². The normalized spacial score (nSPS) is 18.1. The van der Waals surface area contributed by atoms with Crippen LogP contribution in [0.4, 0.5) is 0 Å². The van der Waals surface area contributed by atoms with Crippen molar-refractivity contribution in [1.82, 2.24) is 4.72 Å². The van der Waals surface area contributed by atoms with Crippen molar-refractivity contribution in [2.24, 2.45) is 0 Å². The first-order valence-electron chi connectivity index (χ1n) is 7.37. The molecule has 0 saturated carbocycles. The van der Waals surface area contributed by atoms with Crippen molar-refractivity contribution in [3.8, 4) is 5.75 Å². The van der Waals surface area contributed by atoms with E-state index >= 15 is 0 Å². The lowest BCUT2D eigenvalue weighted by molar-refractivity contribution is -0.0588. The standard InChI is InChI=1S/C15H23NO5S/c1-3-12-4-5-13(20-2)14(10-12)22(18,19)16-11-15(17)6-8-21-9-7-15/h4-5,10,16-17H,3,6-9,11H2,1-2H3. The maximum Gasteiger partial charge on any atom is 0.244 e. The molecule has 1 aromatic carbocycles. The molecule has 0 bridgehead atoms. The number of aliphatic hydroxyl groups is 1. The summed E-state index contributed by atoms with van der Waals surface area (Å²) in [6.45, 7) is 2.80. The molecule has 124 valence electrons. The number of hydrogen-bond donors (Lipinski definition) is 2. The highest BCUT2D eigenvalue weighted by Gasteiger charge is 2.32. The highest BCUT2D eigenvalue weighted by atomic mass is 32.2. The largest absolute Gasteiger partial charge is 0.495 e. The van der Waals surface area contributed by atoms with Crippen LogP contribution in [0.2, 0.25) is 0 Å². The van der Waals surface area contributed by atoms with Gasteiger partial charge >= 0.3 is 0 Å². The topological polar surface area (TPSA) is 84.9 Å². The fourth-order valence-corrected chi connectivity index (χ4v) is 3.72. The Labute approximate surface area is 131 Å². The summed E-state index contributed by atoms with van der Waals surface area (Å²) >= 11 is 0. The zero-order valence-corrected chi connectivity index (χ0v) is 13.8. The smallest absolute Gasteiger partial charge is 0.244 e. The molecule has 2 rings (SSSR count). The van der Waals surface area contributed by atoms with Crippen molar-refractivity contribution >= 4 is 10.0 Å². The minimum absolute atomic E-state index is 0.0296. The second-order valence-electron chi connectivity index (χ2n) is 5.50. The van der Waals surface area contributed by atoms with Gasteiger partial charge in [0.1, 0.15) is 10.6 Å². The third kappa shape index (κ3) is 3.98. The summed E-state index contributed by atoms with van der Waals surface area (Å²) in [5, 5.41) is 10.4. The highest BCUT2D eigenvalue weighted by molar-refractivity contribution is 7.89. The molecule has 0 unspecified atom stereocenters. The van der Waals surface area contributed by atoms with Gasteiger partial charge in [0, 0.05) is 32.6 Å². The molecule has 22 heavy (non-hydrogen) atoms. The number of rotatable bonds is 6. The Morgan fingerprint density at radius 1 is 1.36 bits per heavy atom. The van der Waals surface area contributed by atoms with Gasteiger partial charge in [-0.25, -0.2) is 13.1 Å². The van der Waals surface area contributed by atoms with Crippen LogP contribution in [0, 0.1) is 0 Å². The fourth-order valence-electron chi connectivity index (χ4n) is 2.39. The van der Waals surface area contributed by atoms with Gasteiger partial charge in [0.05, 0.1) is 12.7 Å².